The van der Waals surface area contributed by atoms with Crippen molar-refractivity contribution in [1.82, 2.24) is 9.78 Å². The van der Waals surface area contributed by atoms with Crippen LogP contribution in [-0.2, 0) is 17.1 Å². The van der Waals surface area contributed by atoms with E-state index < -0.39 is 15.9 Å². The van der Waals surface area contributed by atoms with Gasteiger partial charge in [-0.15, -0.1) is 0 Å². The predicted molar refractivity (Wildman–Crippen MR) is 119 cm³/mol. The number of aryl methyl sites for hydroxylation is 2. The maximum Gasteiger partial charge on any atom is 0.265 e. The van der Waals surface area contributed by atoms with Crippen molar-refractivity contribution in [3.05, 3.63) is 65.9 Å². The number of hydrogen-bond donors (Lipinski definition) is 1. The molecule has 1 N–H and O–H groups in total. The Morgan fingerprint density at radius 1 is 1.07 bits per heavy atom. The molecular weight excluding hydrogens is 402 g/mol. The van der Waals surface area contributed by atoms with Gasteiger partial charge in [-0.1, -0.05) is 23.8 Å². The Balaban J connectivity index is 1.93. The Morgan fingerprint density at radius 2 is 1.73 bits per heavy atom. The normalized spacial score (nSPS) is 11.2. The average Bonchev–Trinajstić information content (AvgIpc) is 3.09. The van der Waals surface area contributed by atoms with Gasteiger partial charge in [0.25, 0.3) is 15.9 Å². The summed E-state index contributed by atoms with van der Waals surface area (Å²) in [6.07, 6.45) is 1.36. The summed E-state index contributed by atoms with van der Waals surface area (Å²) in [7, 11) is 2.96. The lowest BCUT2D eigenvalue weighted by Gasteiger charge is -2.21. The highest BCUT2D eigenvalue weighted by molar-refractivity contribution is 7.92. The van der Waals surface area contributed by atoms with Crippen LogP contribution in [0.15, 0.2) is 59.6 Å². The number of nitrogens with zero attached hydrogens (tertiary/aromatic N) is 4. The second-order valence-electron chi connectivity index (χ2n) is 7.19. The third-order valence-electron chi connectivity index (χ3n) is 4.75. The minimum absolute atomic E-state index is 0.141. The molecule has 1 heterocycles. The summed E-state index contributed by atoms with van der Waals surface area (Å²) in [5.41, 5.74) is 2.64. The van der Waals surface area contributed by atoms with Crippen molar-refractivity contribution in [3.8, 4) is 0 Å². The molecule has 3 aromatic rings. The van der Waals surface area contributed by atoms with Gasteiger partial charge in [0, 0.05) is 39.6 Å². The number of hydrogen-bond acceptors (Lipinski definition) is 5. The molecule has 30 heavy (non-hydrogen) atoms. The minimum Gasteiger partial charge on any atom is -0.378 e. The van der Waals surface area contributed by atoms with E-state index in [2.05, 4.69) is 10.4 Å². The van der Waals surface area contributed by atoms with Crippen LogP contribution in [0.25, 0.3) is 0 Å². The van der Waals surface area contributed by atoms with E-state index in [1.165, 1.54) is 17.9 Å². The predicted octanol–water partition coefficient (Wildman–Crippen LogP) is 2.87. The van der Waals surface area contributed by atoms with Crippen LogP contribution in [0, 0.1) is 6.92 Å². The summed E-state index contributed by atoms with van der Waals surface area (Å²) in [6.45, 7) is 1.88. The first-order valence-corrected chi connectivity index (χ1v) is 10.7. The number of nitrogens with one attached hydrogen (secondary N) is 1. The molecule has 0 atom stereocenters. The molecular formula is C21H25N5O3S. The molecule has 0 aliphatic heterocycles. The van der Waals surface area contributed by atoms with Gasteiger partial charge in [0.2, 0.25) is 0 Å². The topological polar surface area (TPSA) is 87.5 Å². The lowest BCUT2D eigenvalue weighted by atomic mass is 10.2. The SMILES string of the molecule is Cc1ccc(S(=O)(=O)N(C)c2c(C(=O)Nc3cccc(N(C)C)c3)cnn2C)cc1. The Bertz CT molecular complexity index is 1170. The molecule has 0 fully saturated rings. The Kier molecular flexibility index (Phi) is 5.84. The highest BCUT2D eigenvalue weighted by Gasteiger charge is 2.28. The van der Waals surface area contributed by atoms with Crippen molar-refractivity contribution < 1.29 is 13.2 Å². The highest BCUT2D eigenvalue weighted by atomic mass is 32.2. The Labute approximate surface area is 176 Å². The summed E-state index contributed by atoms with van der Waals surface area (Å²) in [5.74, 6) is -0.267. The molecule has 8 nitrogen and oxygen atoms in total. The van der Waals surface area contributed by atoms with Crippen molar-refractivity contribution >= 4 is 33.1 Å². The standard InChI is InChI=1S/C21H25N5O3S/c1-15-9-11-18(12-10-15)30(28,29)26(5)21-19(14-22-25(21)4)20(27)23-16-7-6-8-17(13-16)24(2)3/h6-14H,1-5H3,(H,23,27). The van der Waals surface area contributed by atoms with Gasteiger partial charge in [-0.05, 0) is 37.3 Å². The molecule has 3 rings (SSSR count). The summed E-state index contributed by atoms with van der Waals surface area (Å²) < 4.78 is 28.6. The fourth-order valence-electron chi connectivity index (χ4n) is 3.01. The molecule has 0 spiro atoms. The van der Waals surface area contributed by atoms with Crippen LogP contribution in [0.3, 0.4) is 0 Å². The molecule has 0 unspecified atom stereocenters. The van der Waals surface area contributed by atoms with Crippen LogP contribution in [0.5, 0.6) is 0 Å². The third-order valence-corrected chi connectivity index (χ3v) is 6.51. The second-order valence-corrected chi connectivity index (χ2v) is 9.16. The molecule has 1 aromatic heterocycles. The Hall–Kier alpha value is -3.33. The lowest BCUT2D eigenvalue weighted by Crippen LogP contribution is -2.30. The van der Waals surface area contributed by atoms with E-state index >= 15 is 0 Å². The third kappa shape index (κ3) is 4.16. The van der Waals surface area contributed by atoms with E-state index in [9.17, 15) is 13.2 Å². The molecule has 0 bridgehead atoms. The minimum atomic E-state index is -3.86. The van der Waals surface area contributed by atoms with Gasteiger partial charge in [0.15, 0.2) is 5.82 Å². The number of carbonyl (C=O) groups is 1. The van der Waals surface area contributed by atoms with Crippen LogP contribution in [-0.4, -0.2) is 45.2 Å². The molecule has 1 amide bonds. The smallest absolute Gasteiger partial charge is 0.265 e. The van der Waals surface area contributed by atoms with E-state index in [-0.39, 0.29) is 16.3 Å². The highest BCUT2D eigenvalue weighted by Crippen LogP contribution is 2.26. The van der Waals surface area contributed by atoms with E-state index in [1.807, 2.05) is 44.1 Å². The van der Waals surface area contributed by atoms with Crippen molar-refractivity contribution in [1.29, 1.82) is 0 Å². The lowest BCUT2D eigenvalue weighted by molar-refractivity contribution is 0.102. The van der Waals surface area contributed by atoms with Gasteiger partial charge in [0.05, 0.1) is 11.1 Å². The van der Waals surface area contributed by atoms with E-state index in [1.54, 1.807) is 37.4 Å². The molecule has 2 aromatic carbocycles. The van der Waals surface area contributed by atoms with Gasteiger partial charge in [-0.3, -0.25) is 13.8 Å². The number of rotatable bonds is 6. The molecule has 0 saturated heterocycles. The summed E-state index contributed by atoms with van der Waals surface area (Å²) in [4.78, 5) is 15.0. The summed E-state index contributed by atoms with van der Waals surface area (Å²) in [5, 5.41) is 6.93. The number of aromatic nitrogens is 2. The largest absolute Gasteiger partial charge is 0.378 e. The monoisotopic (exact) mass is 427 g/mol. The average molecular weight is 428 g/mol. The van der Waals surface area contributed by atoms with Crippen molar-refractivity contribution in [2.24, 2.45) is 7.05 Å². The first-order chi connectivity index (χ1) is 14.1. The molecule has 158 valence electrons. The van der Waals surface area contributed by atoms with E-state index in [0.29, 0.717) is 5.69 Å². The van der Waals surface area contributed by atoms with Gasteiger partial charge in [-0.2, -0.15) is 5.10 Å². The van der Waals surface area contributed by atoms with Gasteiger partial charge in [-0.25, -0.2) is 8.42 Å². The summed E-state index contributed by atoms with van der Waals surface area (Å²) in [6, 6.07) is 13.9. The molecule has 9 heteroatoms. The van der Waals surface area contributed by atoms with E-state index in [0.717, 1.165) is 15.6 Å². The molecule has 0 radical (unpaired) electrons. The van der Waals surface area contributed by atoms with Gasteiger partial charge >= 0.3 is 0 Å². The first-order valence-electron chi connectivity index (χ1n) is 9.27. The van der Waals surface area contributed by atoms with Crippen LogP contribution < -0.4 is 14.5 Å². The van der Waals surface area contributed by atoms with Crippen molar-refractivity contribution in [2.75, 3.05) is 35.7 Å². The zero-order valence-corrected chi connectivity index (χ0v) is 18.4. The van der Waals surface area contributed by atoms with Crippen LogP contribution >= 0.6 is 0 Å². The maximum absolute atomic E-state index is 13.1. The van der Waals surface area contributed by atoms with Gasteiger partial charge in [0.1, 0.15) is 5.56 Å². The number of amides is 1. The first kappa shape index (κ1) is 21.4. The maximum atomic E-state index is 13.1. The fourth-order valence-corrected chi connectivity index (χ4v) is 4.25. The zero-order chi connectivity index (χ0) is 22.1. The number of anilines is 3. The molecule has 0 aliphatic rings. The van der Waals surface area contributed by atoms with E-state index in [4.69, 9.17) is 0 Å². The molecule has 0 aliphatic carbocycles. The Morgan fingerprint density at radius 3 is 2.37 bits per heavy atom. The van der Waals surface area contributed by atoms with Crippen molar-refractivity contribution in [3.63, 3.8) is 0 Å². The zero-order valence-electron chi connectivity index (χ0n) is 17.6. The van der Waals surface area contributed by atoms with Crippen LogP contribution in [0.2, 0.25) is 0 Å². The van der Waals surface area contributed by atoms with Gasteiger partial charge < -0.3 is 10.2 Å². The van der Waals surface area contributed by atoms with Crippen LogP contribution in [0.1, 0.15) is 15.9 Å². The fraction of sp³-hybridized carbons (Fsp3) is 0.238. The number of carbonyl (C=O) groups excluding carboxylic acids is 1. The van der Waals surface area contributed by atoms with Crippen LogP contribution in [0.4, 0.5) is 17.2 Å². The molecule has 0 saturated carbocycles. The number of benzene rings is 2. The quantitative estimate of drug-likeness (QED) is 0.654. The van der Waals surface area contributed by atoms with Crippen molar-refractivity contribution in [2.45, 2.75) is 11.8 Å². The number of sulfonamides is 1. The second kappa shape index (κ2) is 8.19. The summed E-state index contributed by atoms with van der Waals surface area (Å²) >= 11 is 0.